The van der Waals surface area contributed by atoms with Crippen LogP contribution in [0.2, 0.25) is 0 Å². The fourth-order valence-electron chi connectivity index (χ4n) is 2.64. The van der Waals surface area contributed by atoms with Gasteiger partial charge in [0.15, 0.2) is 0 Å². The number of nitrogens with zero attached hydrogens (tertiary/aromatic N) is 1. The molecular weight excluding hydrogens is 278 g/mol. The summed E-state index contributed by atoms with van der Waals surface area (Å²) in [6.07, 6.45) is 2.67. The Morgan fingerprint density at radius 2 is 2.05 bits per heavy atom. The highest BCUT2D eigenvalue weighted by molar-refractivity contribution is 5.79. The highest BCUT2D eigenvalue weighted by Crippen LogP contribution is 2.24. The molecule has 0 bridgehead atoms. The summed E-state index contributed by atoms with van der Waals surface area (Å²) in [7, 11) is 4.04. The molecule has 2 rings (SSSR count). The van der Waals surface area contributed by atoms with Gasteiger partial charge in [-0.2, -0.15) is 0 Å². The first-order valence-corrected chi connectivity index (χ1v) is 7.94. The highest BCUT2D eigenvalue weighted by atomic mass is 16.5. The third kappa shape index (κ3) is 5.31. The summed E-state index contributed by atoms with van der Waals surface area (Å²) in [5.74, 6) is 1.07. The molecule has 2 unspecified atom stereocenters. The van der Waals surface area contributed by atoms with Crippen molar-refractivity contribution in [1.82, 2.24) is 10.2 Å². The number of ether oxygens (including phenoxy) is 1. The molecule has 5 nitrogen and oxygen atoms in total. The molecule has 1 aromatic rings. The van der Waals surface area contributed by atoms with Crippen molar-refractivity contribution < 1.29 is 9.53 Å². The molecule has 22 heavy (non-hydrogen) atoms. The van der Waals surface area contributed by atoms with Crippen molar-refractivity contribution in [3.05, 3.63) is 29.8 Å². The van der Waals surface area contributed by atoms with Crippen molar-refractivity contribution in [1.29, 1.82) is 0 Å². The van der Waals surface area contributed by atoms with Crippen LogP contribution in [0, 0.1) is 5.92 Å². The third-order valence-electron chi connectivity index (χ3n) is 4.04. The lowest BCUT2D eigenvalue weighted by Crippen LogP contribution is -2.29. The number of carbonyl (C=O) groups excluding carboxylic acids is 1. The number of amides is 1. The van der Waals surface area contributed by atoms with Gasteiger partial charge in [0, 0.05) is 25.0 Å². The number of hydrogen-bond acceptors (Lipinski definition) is 4. The molecule has 2 atom stereocenters. The molecule has 0 heterocycles. The van der Waals surface area contributed by atoms with Gasteiger partial charge >= 0.3 is 0 Å². The van der Waals surface area contributed by atoms with E-state index in [4.69, 9.17) is 10.5 Å². The van der Waals surface area contributed by atoms with Gasteiger partial charge in [-0.1, -0.05) is 12.1 Å². The van der Waals surface area contributed by atoms with Crippen molar-refractivity contribution in [2.45, 2.75) is 31.8 Å². The molecule has 1 aliphatic carbocycles. The van der Waals surface area contributed by atoms with Crippen LogP contribution in [0.5, 0.6) is 5.75 Å². The normalized spacial score (nSPS) is 21.1. The lowest BCUT2D eigenvalue weighted by Gasteiger charge is -2.12. The molecule has 0 saturated heterocycles. The molecule has 0 aliphatic heterocycles. The number of benzene rings is 1. The van der Waals surface area contributed by atoms with E-state index in [0.29, 0.717) is 13.2 Å². The first-order valence-electron chi connectivity index (χ1n) is 7.94. The second-order valence-corrected chi connectivity index (χ2v) is 6.28. The van der Waals surface area contributed by atoms with Gasteiger partial charge in [0.1, 0.15) is 12.4 Å². The quantitative estimate of drug-likeness (QED) is 0.798. The number of nitrogens with one attached hydrogen (secondary N) is 1. The monoisotopic (exact) mass is 305 g/mol. The predicted molar refractivity (Wildman–Crippen MR) is 87.7 cm³/mol. The van der Waals surface area contributed by atoms with Gasteiger partial charge in [0.25, 0.3) is 0 Å². The van der Waals surface area contributed by atoms with E-state index in [0.717, 1.165) is 37.1 Å². The van der Waals surface area contributed by atoms with Crippen molar-refractivity contribution in [3.8, 4) is 5.75 Å². The van der Waals surface area contributed by atoms with Crippen molar-refractivity contribution in [3.63, 3.8) is 0 Å². The standard InChI is InChI=1S/C17H27N3O2/c1-20(2)9-10-22-16-7-3-13(4-8-16)12-19-17(21)14-5-6-15(18)11-14/h3-4,7-8,14-15H,5-6,9-12,18H2,1-2H3,(H,19,21). The minimum Gasteiger partial charge on any atom is -0.492 e. The molecule has 3 N–H and O–H groups in total. The number of likely N-dealkylation sites (N-methyl/N-ethyl adjacent to an activating group) is 1. The Kier molecular flexibility index (Phi) is 6.21. The number of rotatable bonds is 7. The first-order chi connectivity index (χ1) is 10.5. The smallest absolute Gasteiger partial charge is 0.223 e. The Morgan fingerprint density at radius 1 is 1.32 bits per heavy atom. The van der Waals surface area contributed by atoms with Crippen LogP contribution in [0.4, 0.5) is 0 Å². The molecule has 5 heteroatoms. The lowest BCUT2D eigenvalue weighted by molar-refractivity contribution is -0.125. The summed E-state index contributed by atoms with van der Waals surface area (Å²) < 4.78 is 5.65. The van der Waals surface area contributed by atoms with Crippen molar-refractivity contribution in [2.24, 2.45) is 11.7 Å². The molecule has 1 amide bonds. The number of carbonyl (C=O) groups is 1. The molecule has 1 aliphatic rings. The van der Waals surface area contributed by atoms with E-state index < -0.39 is 0 Å². The first kappa shape index (κ1) is 16.8. The molecule has 122 valence electrons. The van der Waals surface area contributed by atoms with Gasteiger partial charge < -0.3 is 20.7 Å². The summed E-state index contributed by atoms with van der Waals surface area (Å²) in [5.41, 5.74) is 6.93. The maximum Gasteiger partial charge on any atom is 0.223 e. The zero-order chi connectivity index (χ0) is 15.9. The zero-order valence-corrected chi connectivity index (χ0v) is 13.5. The average Bonchev–Trinajstić information content (AvgIpc) is 2.92. The molecule has 0 radical (unpaired) electrons. The summed E-state index contributed by atoms with van der Waals surface area (Å²) in [6.45, 7) is 2.12. The van der Waals surface area contributed by atoms with Gasteiger partial charge in [-0.15, -0.1) is 0 Å². The summed E-state index contributed by atoms with van der Waals surface area (Å²) in [5, 5.41) is 3.00. The maximum atomic E-state index is 12.0. The number of nitrogens with two attached hydrogens (primary N) is 1. The van der Waals surface area contributed by atoms with E-state index in [-0.39, 0.29) is 17.9 Å². The SMILES string of the molecule is CN(C)CCOc1ccc(CNC(=O)C2CCC(N)C2)cc1. The molecule has 1 saturated carbocycles. The van der Waals surface area contributed by atoms with Gasteiger partial charge in [0.05, 0.1) is 0 Å². The largest absolute Gasteiger partial charge is 0.492 e. The fourth-order valence-corrected chi connectivity index (χ4v) is 2.64. The Hall–Kier alpha value is -1.59. The van der Waals surface area contributed by atoms with Crippen molar-refractivity contribution >= 4 is 5.91 Å². The molecule has 0 aromatic heterocycles. The van der Waals surface area contributed by atoms with Gasteiger partial charge in [0.2, 0.25) is 5.91 Å². The van der Waals surface area contributed by atoms with E-state index in [1.54, 1.807) is 0 Å². The second kappa shape index (κ2) is 8.15. The van der Waals surface area contributed by atoms with Crippen molar-refractivity contribution in [2.75, 3.05) is 27.2 Å². The predicted octanol–water partition coefficient (Wildman–Crippen LogP) is 1.37. The molecular formula is C17H27N3O2. The summed E-state index contributed by atoms with van der Waals surface area (Å²) in [6, 6.07) is 8.07. The van der Waals surface area contributed by atoms with Crippen LogP contribution in [0.25, 0.3) is 0 Å². The topological polar surface area (TPSA) is 67.6 Å². The maximum absolute atomic E-state index is 12.0. The van der Waals surface area contributed by atoms with E-state index in [1.807, 2.05) is 38.4 Å². The van der Waals surface area contributed by atoms with E-state index in [9.17, 15) is 4.79 Å². The van der Waals surface area contributed by atoms with Crippen LogP contribution in [0.15, 0.2) is 24.3 Å². The Morgan fingerprint density at radius 3 is 2.64 bits per heavy atom. The van der Waals surface area contributed by atoms with E-state index >= 15 is 0 Å². The molecule has 1 aromatic carbocycles. The lowest BCUT2D eigenvalue weighted by atomic mass is 10.1. The number of hydrogen-bond donors (Lipinski definition) is 2. The van der Waals surface area contributed by atoms with Crippen LogP contribution in [-0.4, -0.2) is 44.1 Å². The van der Waals surface area contributed by atoms with Crippen LogP contribution in [-0.2, 0) is 11.3 Å². The zero-order valence-electron chi connectivity index (χ0n) is 13.5. The Balaban J connectivity index is 1.73. The highest BCUT2D eigenvalue weighted by Gasteiger charge is 2.27. The minimum atomic E-state index is 0.0867. The van der Waals surface area contributed by atoms with Gasteiger partial charge in [-0.3, -0.25) is 4.79 Å². The van der Waals surface area contributed by atoms with E-state index in [1.165, 1.54) is 0 Å². The van der Waals surface area contributed by atoms with Crippen LogP contribution in [0.3, 0.4) is 0 Å². The fraction of sp³-hybridized carbons (Fsp3) is 0.588. The second-order valence-electron chi connectivity index (χ2n) is 6.28. The third-order valence-corrected chi connectivity index (χ3v) is 4.04. The summed E-state index contributed by atoms with van der Waals surface area (Å²) in [4.78, 5) is 14.1. The van der Waals surface area contributed by atoms with Crippen LogP contribution < -0.4 is 15.8 Å². The Labute approximate surface area is 132 Å². The minimum absolute atomic E-state index is 0.0867. The van der Waals surface area contributed by atoms with E-state index in [2.05, 4.69) is 10.2 Å². The Bertz CT molecular complexity index is 473. The summed E-state index contributed by atoms with van der Waals surface area (Å²) >= 11 is 0. The molecule has 0 spiro atoms. The van der Waals surface area contributed by atoms with Crippen LogP contribution >= 0.6 is 0 Å². The molecule has 1 fully saturated rings. The van der Waals surface area contributed by atoms with Crippen LogP contribution in [0.1, 0.15) is 24.8 Å². The average molecular weight is 305 g/mol. The van der Waals surface area contributed by atoms with Gasteiger partial charge in [-0.25, -0.2) is 0 Å². The van der Waals surface area contributed by atoms with Gasteiger partial charge in [-0.05, 0) is 51.1 Å².